The highest BCUT2D eigenvalue weighted by molar-refractivity contribution is 5.89. The summed E-state index contributed by atoms with van der Waals surface area (Å²) in [6.07, 6.45) is 1.70. The molecule has 0 amide bonds. The van der Waals surface area contributed by atoms with Crippen LogP contribution in [0.15, 0.2) is 29.8 Å². The molecule has 102 valence electrons. The van der Waals surface area contributed by atoms with Gasteiger partial charge in [0.2, 0.25) is 0 Å². The number of carbonyl (C=O) groups excluding carboxylic acids is 1. The largest absolute Gasteiger partial charge is 0.423 e. The van der Waals surface area contributed by atoms with Gasteiger partial charge in [-0.1, -0.05) is 18.2 Å². The number of allylic oxidation sites excluding steroid dienone is 1. The minimum absolute atomic E-state index is 0.122. The number of esters is 1. The maximum Gasteiger partial charge on any atom is 0.338 e. The first-order valence-electron chi connectivity index (χ1n) is 6.23. The van der Waals surface area contributed by atoms with E-state index in [0.717, 1.165) is 11.1 Å². The van der Waals surface area contributed by atoms with E-state index in [0.29, 0.717) is 17.9 Å². The van der Waals surface area contributed by atoms with Gasteiger partial charge in [-0.05, 0) is 32.4 Å². The van der Waals surface area contributed by atoms with E-state index in [1.807, 2.05) is 19.1 Å². The number of carbonyl (C=O) groups is 1. The fourth-order valence-corrected chi connectivity index (χ4v) is 1.81. The number of benzene rings is 1. The van der Waals surface area contributed by atoms with Crippen LogP contribution in [0.2, 0.25) is 0 Å². The maximum absolute atomic E-state index is 11.8. The van der Waals surface area contributed by atoms with E-state index in [9.17, 15) is 9.90 Å². The fraction of sp³-hybridized carbons (Fsp3) is 0.400. The van der Waals surface area contributed by atoms with Crippen molar-refractivity contribution < 1.29 is 19.4 Å². The predicted octanol–water partition coefficient (Wildman–Crippen LogP) is 2.08. The van der Waals surface area contributed by atoms with Crippen molar-refractivity contribution in [3.63, 3.8) is 0 Å². The van der Waals surface area contributed by atoms with Crippen LogP contribution in [0.1, 0.15) is 25.0 Å². The second-order valence-corrected chi connectivity index (χ2v) is 4.80. The van der Waals surface area contributed by atoms with E-state index < -0.39 is 5.60 Å². The monoisotopic (exact) mass is 262 g/mol. The van der Waals surface area contributed by atoms with Crippen LogP contribution in [0.3, 0.4) is 0 Å². The molecule has 19 heavy (non-hydrogen) atoms. The zero-order chi connectivity index (χ0) is 14.0. The second kappa shape index (κ2) is 5.15. The second-order valence-electron chi connectivity index (χ2n) is 4.80. The summed E-state index contributed by atoms with van der Waals surface area (Å²) in [5, 5.41) is 9.42. The maximum atomic E-state index is 11.8. The molecule has 0 aliphatic carbocycles. The molecule has 4 heteroatoms. The lowest BCUT2D eigenvalue weighted by atomic mass is 9.98. The smallest absolute Gasteiger partial charge is 0.338 e. The third-order valence-corrected chi connectivity index (χ3v) is 3.33. The topological polar surface area (TPSA) is 59.1 Å². The highest BCUT2D eigenvalue weighted by Gasteiger charge is 2.48. The summed E-state index contributed by atoms with van der Waals surface area (Å²) in [6.45, 7) is 5.73. The Balaban J connectivity index is 2.34. The molecule has 1 N–H and O–H groups in total. The normalized spacial score (nSPS) is 22.2. The first-order valence-corrected chi connectivity index (χ1v) is 6.23. The molecule has 1 heterocycles. The molecule has 0 saturated carbocycles. The zero-order valence-corrected chi connectivity index (χ0v) is 11.4. The Morgan fingerprint density at radius 3 is 2.79 bits per heavy atom. The van der Waals surface area contributed by atoms with E-state index >= 15 is 0 Å². The van der Waals surface area contributed by atoms with E-state index in [1.165, 1.54) is 0 Å². The van der Waals surface area contributed by atoms with Crippen molar-refractivity contribution in [2.75, 3.05) is 13.2 Å². The quantitative estimate of drug-likeness (QED) is 0.390. The van der Waals surface area contributed by atoms with E-state index in [-0.39, 0.29) is 12.6 Å². The lowest BCUT2D eigenvalue weighted by molar-refractivity contribution is -0.130. The van der Waals surface area contributed by atoms with E-state index in [1.54, 1.807) is 26.0 Å². The third kappa shape index (κ3) is 2.69. The zero-order valence-electron chi connectivity index (χ0n) is 11.4. The Hall–Kier alpha value is -1.65. The van der Waals surface area contributed by atoms with Crippen molar-refractivity contribution in [3.8, 4) is 5.75 Å². The van der Waals surface area contributed by atoms with E-state index in [2.05, 4.69) is 0 Å². The number of hydrogen-bond donors (Lipinski definition) is 1. The van der Waals surface area contributed by atoms with Gasteiger partial charge in [0.15, 0.2) is 0 Å². The average molecular weight is 262 g/mol. The summed E-state index contributed by atoms with van der Waals surface area (Å²) in [5.41, 5.74) is 1.55. The van der Waals surface area contributed by atoms with Gasteiger partial charge < -0.3 is 14.6 Å². The summed E-state index contributed by atoms with van der Waals surface area (Å²) in [6, 6.07) is 5.54. The molecule has 1 aliphatic rings. The predicted molar refractivity (Wildman–Crippen MR) is 71.0 cm³/mol. The Labute approximate surface area is 112 Å². The molecule has 1 aromatic carbocycles. The molecule has 0 aromatic heterocycles. The summed E-state index contributed by atoms with van der Waals surface area (Å²) >= 11 is 0. The van der Waals surface area contributed by atoms with Crippen LogP contribution in [0.4, 0.5) is 0 Å². The molecule has 1 atom stereocenters. The highest BCUT2D eigenvalue weighted by atomic mass is 16.6. The Kier molecular flexibility index (Phi) is 3.73. The molecule has 0 bridgehead atoms. The van der Waals surface area contributed by atoms with Crippen LogP contribution in [0.25, 0.3) is 0 Å². The molecule has 1 aliphatic heterocycles. The van der Waals surface area contributed by atoms with Gasteiger partial charge in [-0.3, -0.25) is 0 Å². The molecule has 0 radical (unpaired) electrons. The Bertz CT molecular complexity index is 527. The molecular formula is C15H18O4. The van der Waals surface area contributed by atoms with Crippen LogP contribution in [0, 0.1) is 6.92 Å². The first kappa shape index (κ1) is 13.8. The summed E-state index contributed by atoms with van der Waals surface area (Å²) in [7, 11) is 0. The standard InChI is InChI=1S/C15H18O4/c1-4-11(3)14(17)19-13-7-10(2)5-6-12(13)15(8-16)9-18-15/h4-7,16H,8-9H2,1-3H3/b11-4+. The lowest BCUT2D eigenvalue weighted by Gasteiger charge is -2.15. The summed E-state index contributed by atoms with van der Waals surface area (Å²) < 4.78 is 10.7. The number of aliphatic hydroxyl groups excluding tert-OH is 1. The van der Waals surface area contributed by atoms with Gasteiger partial charge in [0.25, 0.3) is 0 Å². The van der Waals surface area contributed by atoms with Crippen molar-refractivity contribution in [3.05, 3.63) is 41.0 Å². The van der Waals surface area contributed by atoms with Gasteiger partial charge in [0.05, 0.1) is 13.2 Å². The van der Waals surface area contributed by atoms with Crippen LogP contribution < -0.4 is 4.74 Å². The molecular weight excluding hydrogens is 244 g/mol. The minimum Gasteiger partial charge on any atom is -0.423 e. The van der Waals surface area contributed by atoms with Gasteiger partial charge in [0, 0.05) is 11.1 Å². The molecule has 1 unspecified atom stereocenters. The molecule has 0 spiro atoms. The van der Waals surface area contributed by atoms with Crippen molar-refractivity contribution >= 4 is 5.97 Å². The van der Waals surface area contributed by atoms with Gasteiger partial charge >= 0.3 is 5.97 Å². The van der Waals surface area contributed by atoms with E-state index in [4.69, 9.17) is 9.47 Å². The fourth-order valence-electron chi connectivity index (χ4n) is 1.81. The van der Waals surface area contributed by atoms with Gasteiger partial charge in [-0.15, -0.1) is 0 Å². The highest BCUT2D eigenvalue weighted by Crippen LogP contribution is 2.43. The van der Waals surface area contributed by atoms with Crippen molar-refractivity contribution in [1.29, 1.82) is 0 Å². The number of rotatable bonds is 4. The molecule has 1 fully saturated rings. The van der Waals surface area contributed by atoms with Crippen molar-refractivity contribution in [2.24, 2.45) is 0 Å². The third-order valence-electron chi connectivity index (χ3n) is 3.33. The number of epoxide rings is 1. The number of hydrogen-bond acceptors (Lipinski definition) is 4. The Morgan fingerprint density at radius 2 is 2.26 bits per heavy atom. The first-order chi connectivity index (χ1) is 9.02. The number of ether oxygens (including phenoxy) is 2. The van der Waals surface area contributed by atoms with Gasteiger partial charge in [0.1, 0.15) is 11.4 Å². The number of aliphatic hydroxyl groups is 1. The molecule has 4 nitrogen and oxygen atoms in total. The van der Waals surface area contributed by atoms with Crippen LogP contribution in [-0.4, -0.2) is 24.3 Å². The average Bonchev–Trinajstić information content (AvgIpc) is 3.18. The van der Waals surface area contributed by atoms with Crippen LogP contribution >= 0.6 is 0 Å². The minimum atomic E-state index is -0.701. The van der Waals surface area contributed by atoms with Crippen LogP contribution in [-0.2, 0) is 15.1 Å². The van der Waals surface area contributed by atoms with Crippen molar-refractivity contribution in [2.45, 2.75) is 26.4 Å². The molecule has 2 rings (SSSR count). The Morgan fingerprint density at radius 1 is 1.58 bits per heavy atom. The summed E-state index contributed by atoms with van der Waals surface area (Å²) in [5.74, 6) is 0.0702. The molecule has 1 aromatic rings. The summed E-state index contributed by atoms with van der Waals surface area (Å²) in [4.78, 5) is 11.8. The van der Waals surface area contributed by atoms with Crippen molar-refractivity contribution in [1.82, 2.24) is 0 Å². The molecule has 1 saturated heterocycles. The number of aryl methyl sites for hydroxylation is 1. The van der Waals surface area contributed by atoms with Gasteiger partial charge in [-0.25, -0.2) is 4.79 Å². The lowest BCUT2D eigenvalue weighted by Crippen LogP contribution is -2.18. The SMILES string of the molecule is C/C=C(\C)C(=O)Oc1cc(C)ccc1C1(CO)CO1. The van der Waals surface area contributed by atoms with Gasteiger partial charge in [-0.2, -0.15) is 0 Å². The van der Waals surface area contributed by atoms with Crippen LogP contribution in [0.5, 0.6) is 5.75 Å².